The van der Waals surface area contributed by atoms with Gasteiger partial charge in [-0.05, 0) is 37.3 Å². The standard InChI is InChI=1S/C14H11F3N4/c1-8-6-12(10-7-9(18)2-3-11(10)19-8)21-5-4-13(20-21)14(15,16)17/h2-7H,18H2,1H3. The molecular formula is C14H11F3N4. The van der Waals surface area contributed by atoms with Crippen LogP contribution in [0.5, 0.6) is 0 Å². The number of nitrogens with two attached hydrogens (primary N) is 1. The molecule has 0 bridgehead atoms. The Morgan fingerprint density at radius 2 is 1.90 bits per heavy atom. The van der Waals surface area contributed by atoms with E-state index in [2.05, 4.69) is 10.1 Å². The highest BCUT2D eigenvalue weighted by molar-refractivity contribution is 5.89. The van der Waals surface area contributed by atoms with Crippen LogP contribution in [-0.4, -0.2) is 14.8 Å². The first-order valence-corrected chi connectivity index (χ1v) is 6.15. The molecule has 0 unspecified atom stereocenters. The lowest BCUT2D eigenvalue weighted by atomic mass is 10.1. The van der Waals surface area contributed by atoms with Gasteiger partial charge in [0.25, 0.3) is 0 Å². The van der Waals surface area contributed by atoms with E-state index < -0.39 is 11.9 Å². The lowest BCUT2D eigenvalue weighted by Crippen LogP contribution is -2.07. The van der Waals surface area contributed by atoms with Crippen LogP contribution in [0, 0.1) is 6.92 Å². The number of benzene rings is 1. The van der Waals surface area contributed by atoms with Gasteiger partial charge >= 0.3 is 6.18 Å². The van der Waals surface area contributed by atoms with Crippen molar-refractivity contribution in [1.82, 2.24) is 14.8 Å². The van der Waals surface area contributed by atoms with Gasteiger partial charge in [0.05, 0.1) is 11.2 Å². The molecule has 7 heteroatoms. The van der Waals surface area contributed by atoms with E-state index in [0.29, 0.717) is 28.0 Å². The van der Waals surface area contributed by atoms with Gasteiger partial charge < -0.3 is 5.73 Å². The number of anilines is 1. The number of nitrogens with zero attached hydrogens (tertiary/aromatic N) is 3. The average molecular weight is 292 g/mol. The number of rotatable bonds is 1. The number of alkyl halides is 3. The zero-order chi connectivity index (χ0) is 15.2. The van der Waals surface area contributed by atoms with Gasteiger partial charge in [0, 0.05) is 23.0 Å². The van der Waals surface area contributed by atoms with Gasteiger partial charge in [0.1, 0.15) is 0 Å². The summed E-state index contributed by atoms with van der Waals surface area (Å²) in [5.41, 5.74) is 7.18. The zero-order valence-electron chi connectivity index (χ0n) is 11.0. The fraction of sp³-hybridized carbons (Fsp3) is 0.143. The van der Waals surface area contributed by atoms with E-state index in [1.165, 1.54) is 10.9 Å². The lowest BCUT2D eigenvalue weighted by molar-refractivity contribution is -0.141. The van der Waals surface area contributed by atoms with Gasteiger partial charge in [-0.1, -0.05) is 0 Å². The Kier molecular flexibility index (Phi) is 2.86. The zero-order valence-corrected chi connectivity index (χ0v) is 11.0. The van der Waals surface area contributed by atoms with Crippen LogP contribution in [0.3, 0.4) is 0 Å². The number of aryl methyl sites for hydroxylation is 1. The summed E-state index contributed by atoms with van der Waals surface area (Å²) in [6.45, 7) is 1.77. The summed E-state index contributed by atoms with van der Waals surface area (Å²) in [4.78, 5) is 4.34. The molecule has 108 valence electrons. The molecule has 3 aromatic rings. The maximum Gasteiger partial charge on any atom is 0.435 e. The first-order chi connectivity index (χ1) is 9.84. The molecule has 0 fully saturated rings. The monoisotopic (exact) mass is 292 g/mol. The topological polar surface area (TPSA) is 56.7 Å². The largest absolute Gasteiger partial charge is 0.435 e. The van der Waals surface area contributed by atoms with E-state index in [-0.39, 0.29) is 0 Å². The molecule has 0 aliphatic rings. The summed E-state index contributed by atoms with van der Waals surface area (Å²) in [6, 6.07) is 7.72. The molecule has 0 radical (unpaired) electrons. The van der Waals surface area contributed by atoms with Crippen LogP contribution in [0.2, 0.25) is 0 Å². The lowest BCUT2D eigenvalue weighted by Gasteiger charge is -2.09. The van der Waals surface area contributed by atoms with Gasteiger partial charge in [-0.25, -0.2) is 4.68 Å². The third-order valence-corrected chi connectivity index (χ3v) is 3.07. The molecule has 0 amide bonds. The third kappa shape index (κ3) is 2.42. The van der Waals surface area contributed by atoms with Gasteiger partial charge in [0.15, 0.2) is 5.69 Å². The second-order valence-electron chi connectivity index (χ2n) is 4.70. The fourth-order valence-electron chi connectivity index (χ4n) is 2.15. The predicted molar refractivity (Wildman–Crippen MR) is 73.0 cm³/mol. The quantitative estimate of drug-likeness (QED) is 0.700. The van der Waals surface area contributed by atoms with Crippen LogP contribution in [0.1, 0.15) is 11.4 Å². The number of fused-ring (bicyclic) bond motifs is 1. The Labute approximate surface area is 118 Å². The van der Waals surface area contributed by atoms with Crippen LogP contribution in [-0.2, 0) is 6.18 Å². The molecule has 0 saturated carbocycles. The summed E-state index contributed by atoms with van der Waals surface area (Å²) in [5, 5.41) is 4.25. The van der Waals surface area contributed by atoms with E-state index in [1.807, 2.05) is 0 Å². The molecule has 2 N–H and O–H groups in total. The Bertz CT molecular complexity index is 821. The predicted octanol–water partition coefficient (Wildman–Crippen LogP) is 3.33. The first-order valence-electron chi connectivity index (χ1n) is 6.15. The summed E-state index contributed by atoms with van der Waals surface area (Å²) in [5.74, 6) is 0. The third-order valence-electron chi connectivity index (χ3n) is 3.07. The Hall–Kier alpha value is -2.57. The highest BCUT2D eigenvalue weighted by atomic mass is 19.4. The summed E-state index contributed by atoms with van der Waals surface area (Å²) in [6.07, 6.45) is -3.19. The minimum atomic E-state index is -4.47. The molecular weight excluding hydrogens is 281 g/mol. The number of pyridine rings is 1. The normalized spacial score (nSPS) is 12.0. The van der Waals surface area contributed by atoms with Gasteiger partial charge in [-0.2, -0.15) is 18.3 Å². The van der Waals surface area contributed by atoms with Crippen molar-refractivity contribution in [3.8, 4) is 5.69 Å². The maximum absolute atomic E-state index is 12.7. The second-order valence-corrected chi connectivity index (χ2v) is 4.70. The first kappa shape index (κ1) is 13.4. The van der Waals surface area contributed by atoms with Crippen LogP contribution in [0.4, 0.5) is 18.9 Å². The smallest absolute Gasteiger partial charge is 0.399 e. The second kappa shape index (κ2) is 4.47. The highest BCUT2D eigenvalue weighted by Gasteiger charge is 2.33. The van der Waals surface area contributed by atoms with Gasteiger partial charge in [-0.15, -0.1) is 0 Å². The van der Waals surface area contributed by atoms with Crippen molar-refractivity contribution in [3.63, 3.8) is 0 Å². The van der Waals surface area contributed by atoms with E-state index >= 15 is 0 Å². The minimum Gasteiger partial charge on any atom is -0.399 e. The average Bonchev–Trinajstić information content (AvgIpc) is 2.87. The summed E-state index contributed by atoms with van der Waals surface area (Å²) >= 11 is 0. The molecule has 4 nitrogen and oxygen atoms in total. The van der Waals surface area contributed by atoms with Crippen LogP contribution >= 0.6 is 0 Å². The van der Waals surface area contributed by atoms with Crippen molar-refractivity contribution < 1.29 is 13.2 Å². The number of aromatic nitrogens is 3. The van der Waals surface area contributed by atoms with Gasteiger partial charge in [0.2, 0.25) is 0 Å². The van der Waals surface area contributed by atoms with Crippen molar-refractivity contribution in [2.45, 2.75) is 13.1 Å². The molecule has 1 aromatic carbocycles. The molecule has 2 heterocycles. The number of nitrogen functional groups attached to an aromatic ring is 1. The maximum atomic E-state index is 12.7. The van der Waals surface area contributed by atoms with Crippen molar-refractivity contribution in [2.24, 2.45) is 0 Å². The molecule has 0 aliphatic heterocycles. The summed E-state index contributed by atoms with van der Waals surface area (Å²) < 4.78 is 39.2. The van der Waals surface area contributed by atoms with Crippen molar-refractivity contribution in [1.29, 1.82) is 0 Å². The van der Waals surface area contributed by atoms with E-state index in [4.69, 9.17) is 5.73 Å². The van der Waals surface area contributed by atoms with E-state index in [0.717, 1.165) is 6.07 Å². The summed E-state index contributed by atoms with van der Waals surface area (Å²) in [7, 11) is 0. The number of hydrogen-bond acceptors (Lipinski definition) is 3. The van der Waals surface area contributed by atoms with Crippen LogP contribution < -0.4 is 5.73 Å². The SMILES string of the molecule is Cc1cc(-n2ccc(C(F)(F)F)n2)c2cc(N)ccc2n1. The Balaban J connectivity index is 2.24. The van der Waals surface area contributed by atoms with Gasteiger partial charge in [-0.3, -0.25) is 4.98 Å². The number of hydrogen-bond donors (Lipinski definition) is 1. The van der Waals surface area contributed by atoms with E-state index in [9.17, 15) is 13.2 Å². The van der Waals surface area contributed by atoms with Crippen molar-refractivity contribution >= 4 is 16.6 Å². The molecule has 21 heavy (non-hydrogen) atoms. The van der Waals surface area contributed by atoms with Crippen molar-refractivity contribution in [2.75, 3.05) is 5.73 Å². The van der Waals surface area contributed by atoms with Crippen LogP contribution in [0.15, 0.2) is 36.5 Å². The molecule has 0 spiro atoms. The minimum absolute atomic E-state index is 0.512. The molecule has 0 atom stereocenters. The molecule has 3 rings (SSSR count). The van der Waals surface area contributed by atoms with Crippen LogP contribution in [0.25, 0.3) is 16.6 Å². The Morgan fingerprint density at radius 1 is 1.14 bits per heavy atom. The van der Waals surface area contributed by atoms with E-state index in [1.54, 1.807) is 31.2 Å². The van der Waals surface area contributed by atoms with Crippen molar-refractivity contribution in [3.05, 3.63) is 47.9 Å². The Morgan fingerprint density at radius 3 is 2.57 bits per heavy atom. The fourth-order valence-corrected chi connectivity index (χ4v) is 2.15. The number of halogens is 3. The molecule has 2 aromatic heterocycles. The highest BCUT2D eigenvalue weighted by Crippen LogP contribution is 2.29. The molecule has 0 saturated heterocycles. The molecule has 0 aliphatic carbocycles.